The van der Waals surface area contributed by atoms with Crippen molar-refractivity contribution in [3.05, 3.63) is 23.8 Å². The molecule has 1 saturated heterocycles. The molecule has 2 nitrogen and oxygen atoms in total. The molecule has 0 unspecified atom stereocenters. The van der Waals surface area contributed by atoms with Gasteiger partial charge in [0, 0.05) is 24.0 Å². The fraction of sp³-hybridized carbons (Fsp3) is 0.500. The Hall–Kier alpha value is -1.39. The first kappa shape index (κ1) is 12.1. The maximum atomic E-state index is 12.7. The molecular weight excluding hydrogens is 229 g/mol. The molecule has 0 radical (unpaired) electrons. The third kappa shape index (κ3) is 2.33. The molecule has 1 aliphatic rings. The van der Waals surface area contributed by atoms with Crippen LogP contribution < -0.4 is 10.6 Å². The number of nitrogens with two attached hydrogens (primary N) is 1. The van der Waals surface area contributed by atoms with Gasteiger partial charge in [-0.1, -0.05) is 0 Å². The normalized spacial score (nSPS) is 20.9. The zero-order valence-electron chi connectivity index (χ0n) is 9.59. The van der Waals surface area contributed by atoms with Gasteiger partial charge in [-0.15, -0.1) is 0 Å². The predicted octanol–water partition coefficient (Wildman–Crippen LogP) is 3.28. The van der Waals surface area contributed by atoms with Crippen molar-refractivity contribution in [2.75, 3.05) is 17.2 Å². The third-order valence-electron chi connectivity index (χ3n) is 3.23. The number of anilines is 2. The standard InChI is InChI=1S/C12H15F3N2/c1-8-3-2-6-17(8)9-4-5-11(16)10(7-9)12(13,14)15/h4-5,7-8H,2-3,6,16H2,1H3/t8-/m1/s1. The summed E-state index contributed by atoms with van der Waals surface area (Å²) in [4.78, 5) is 1.99. The predicted molar refractivity (Wildman–Crippen MR) is 61.9 cm³/mol. The van der Waals surface area contributed by atoms with Crippen molar-refractivity contribution in [2.24, 2.45) is 0 Å². The summed E-state index contributed by atoms with van der Waals surface area (Å²) in [5.74, 6) is 0. The first-order valence-corrected chi connectivity index (χ1v) is 5.63. The van der Waals surface area contributed by atoms with Crippen molar-refractivity contribution in [2.45, 2.75) is 32.0 Å². The van der Waals surface area contributed by atoms with Crippen molar-refractivity contribution >= 4 is 11.4 Å². The molecule has 17 heavy (non-hydrogen) atoms. The molecule has 1 heterocycles. The van der Waals surface area contributed by atoms with Crippen LogP contribution in [0.5, 0.6) is 0 Å². The van der Waals surface area contributed by atoms with Gasteiger partial charge in [-0.25, -0.2) is 0 Å². The highest BCUT2D eigenvalue weighted by atomic mass is 19.4. The second-order valence-electron chi connectivity index (χ2n) is 4.45. The van der Waals surface area contributed by atoms with Gasteiger partial charge in [-0.2, -0.15) is 13.2 Å². The molecule has 5 heteroatoms. The fourth-order valence-electron chi connectivity index (χ4n) is 2.29. The highest BCUT2D eigenvalue weighted by molar-refractivity contribution is 5.60. The Bertz CT molecular complexity index is 415. The van der Waals surface area contributed by atoms with Crippen LogP contribution in [0.15, 0.2) is 18.2 Å². The monoisotopic (exact) mass is 244 g/mol. The molecule has 94 valence electrons. The zero-order chi connectivity index (χ0) is 12.6. The second-order valence-corrected chi connectivity index (χ2v) is 4.45. The Balaban J connectivity index is 2.37. The van der Waals surface area contributed by atoms with E-state index in [-0.39, 0.29) is 5.69 Å². The van der Waals surface area contributed by atoms with Crippen LogP contribution in [-0.4, -0.2) is 12.6 Å². The number of halogens is 3. The van der Waals surface area contributed by atoms with E-state index in [1.807, 2.05) is 11.8 Å². The number of hydrogen-bond donors (Lipinski definition) is 1. The van der Waals surface area contributed by atoms with E-state index in [0.29, 0.717) is 11.7 Å². The van der Waals surface area contributed by atoms with Gasteiger partial charge >= 0.3 is 6.18 Å². The van der Waals surface area contributed by atoms with Crippen LogP contribution in [0.3, 0.4) is 0 Å². The summed E-state index contributed by atoms with van der Waals surface area (Å²) in [5.41, 5.74) is 5.02. The minimum Gasteiger partial charge on any atom is -0.398 e. The maximum Gasteiger partial charge on any atom is 0.418 e. The number of nitrogens with zero attached hydrogens (tertiary/aromatic N) is 1. The summed E-state index contributed by atoms with van der Waals surface area (Å²) in [6.07, 6.45) is -2.35. The fourth-order valence-corrected chi connectivity index (χ4v) is 2.29. The van der Waals surface area contributed by atoms with E-state index in [4.69, 9.17) is 5.73 Å². The lowest BCUT2D eigenvalue weighted by Gasteiger charge is -2.25. The van der Waals surface area contributed by atoms with Crippen molar-refractivity contribution in [1.82, 2.24) is 0 Å². The minimum atomic E-state index is -4.39. The smallest absolute Gasteiger partial charge is 0.398 e. The molecule has 0 aliphatic carbocycles. The highest BCUT2D eigenvalue weighted by Gasteiger charge is 2.34. The third-order valence-corrected chi connectivity index (χ3v) is 3.23. The van der Waals surface area contributed by atoms with Crippen LogP contribution in [0.4, 0.5) is 24.5 Å². The molecule has 0 aromatic heterocycles. The quantitative estimate of drug-likeness (QED) is 0.768. The number of hydrogen-bond acceptors (Lipinski definition) is 2. The van der Waals surface area contributed by atoms with E-state index in [2.05, 4.69) is 0 Å². The number of benzene rings is 1. The molecular formula is C12H15F3N2. The van der Waals surface area contributed by atoms with Gasteiger partial charge < -0.3 is 10.6 Å². The van der Waals surface area contributed by atoms with Gasteiger partial charge in [0.25, 0.3) is 0 Å². The zero-order valence-corrected chi connectivity index (χ0v) is 9.59. The van der Waals surface area contributed by atoms with Crippen molar-refractivity contribution in [3.8, 4) is 0 Å². The summed E-state index contributed by atoms with van der Waals surface area (Å²) < 4.78 is 38.1. The van der Waals surface area contributed by atoms with E-state index in [0.717, 1.165) is 25.5 Å². The van der Waals surface area contributed by atoms with Crippen LogP contribution in [0.25, 0.3) is 0 Å². The minimum absolute atomic E-state index is 0.215. The highest BCUT2D eigenvalue weighted by Crippen LogP contribution is 2.37. The number of alkyl halides is 3. The van der Waals surface area contributed by atoms with Crippen LogP contribution in [-0.2, 0) is 6.18 Å². The molecule has 2 N–H and O–H groups in total. The molecule has 1 aliphatic heterocycles. The van der Waals surface area contributed by atoms with E-state index < -0.39 is 11.7 Å². The molecule has 0 spiro atoms. The van der Waals surface area contributed by atoms with E-state index in [1.54, 1.807) is 6.07 Å². The van der Waals surface area contributed by atoms with Gasteiger partial charge in [0.15, 0.2) is 0 Å². The van der Waals surface area contributed by atoms with Crippen LogP contribution in [0.2, 0.25) is 0 Å². The van der Waals surface area contributed by atoms with Gasteiger partial charge in [0.2, 0.25) is 0 Å². The lowest BCUT2D eigenvalue weighted by atomic mass is 10.1. The summed E-state index contributed by atoms with van der Waals surface area (Å²) in [6, 6.07) is 4.44. The van der Waals surface area contributed by atoms with Gasteiger partial charge in [-0.3, -0.25) is 0 Å². The van der Waals surface area contributed by atoms with Crippen LogP contribution in [0, 0.1) is 0 Å². The Labute approximate surface area is 98.2 Å². The summed E-state index contributed by atoms with van der Waals surface area (Å²) >= 11 is 0. The van der Waals surface area contributed by atoms with Crippen molar-refractivity contribution in [3.63, 3.8) is 0 Å². The summed E-state index contributed by atoms with van der Waals surface area (Å²) in [6.45, 7) is 2.83. The Morgan fingerprint density at radius 1 is 1.35 bits per heavy atom. The molecule has 1 fully saturated rings. The average Bonchev–Trinajstić information content (AvgIpc) is 2.63. The SMILES string of the molecule is C[C@@H]1CCCN1c1ccc(N)c(C(F)(F)F)c1. The average molecular weight is 244 g/mol. The Morgan fingerprint density at radius 3 is 2.59 bits per heavy atom. The molecule has 0 saturated carbocycles. The van der Waals surface area contributed by atoms with Gasteiger partial charge in [-0.05, 0) is 38.0 Å². The molecule has 1 aromatic rings. The second kappa shape index (κ2) is 4.13. The maximum absolute atomic E-state index is 12.7. The molecule has 1 atom stereocenters. The van der Waals surface area contributed by atoms with Gasteiger partial charge in [0.05, 0.1) is 5.56 Å². The lowest BCUT2D eigenvalue weighted by molar-refractivity contribution is -0.136. The number of rotatable bonds is 1. The van der Waals surface area contributed by atoms with Crippen molar-refractivity contribution < 1.29 is 13.2 Å². The van der Waals surface area contributed by atoms with Crippen molar-refractivity contribution in [1.29, 1.82) is 0 Å². The molecule has 0 amide bonds. The largest absolute Gasteiger partial charge is 0.418 e. The van der Waals surface area contributed by atoms with Crippen LogP contribution in [0.1, 0.15) is 25.3 Å². The lowest BCUT2D eigenvalue weighted by Crippen LogP contribution is -2.26. The Kier molecular flexibility index (Phi) is 2.93. The summed E-state index contributed by atoms with van der Waals surface area (Å²) in [5, 5.41) is 0. The first-order valence-electron chi connectivity index (χ1n) is 5.63. The summed E-state index contributed by atoms with van der Waals surface area (Å²) in [7, 11) is 0. The van der Waals surface area contributed by atoms with E-state index >= 15 is 0 Å². The molecule has 2 rings (SSSR count). The first-order chi connectivity index (χ1) is 7.89. The topological polar surface area (TPSA) is 29.3 Å². The molecule has 0 bridgehead atoms. The number of nitrogen functional groups attached to an aromatic ring is 1. The Morgan fingerprint density at radius 2 is 2.06 bits per heavy atom. The van der Waals surface area contributed by atoms with E-state index in [1.165, 1.54) is 6.07 Å². The molecule has 1 aromatic carbocycles. The van der Waals surface area contributed by atoms with Crippen LogP contribution >= 0.6 is 0 Å². The van der Waals surface area contributed by atoms with E-state index in [9.17, 15) is 13.2 Å². The van der Waals surface area contributed by atoms with Gasteiger partial charge in [0.1, 0.15) is 0 Å².